The molecule has 6 heteroatoms. The fourth-order valence-corrected chi connectivity index (χ4v) is 7.15. The first-order chi connectivity index (χ1) is 15.7. The number of carbonyl (C=O) groups excluding carboxylic acids is 1. The van der Waals surface area contributed by atoms with E-state index in [1.165, 1.54) is 11.1 Å². The molecule has 1 aliphatic carbocycles. The van der Waals surface area contributed by atoms with Crippen LogP contribution in [0.25, 0.3) is 0 Å². The van der Waals surface area contributed by atoms with Gasteiger partial charge in [0.25, 0.3) is 0 Å². The van der Waals surface area contributed by atoms with Gasteiger partial charge in [-0.3, -0.25) is 4.90 Å². The molecule has 2 saturated heterocycles. The Balaban J connectivity index is 1.39. The third-order valence-electron chi connectivity index (χ3n) is 8.58. The summed E-state index contributed by atoms with van der Waals surface area (Å²) in [4.78, 5) is 16.2. The highest BCUT2D eigenvalue weighted by molar-refractivity contribution is 5.80. The van der Waals surface area contributed by atoms with E-state index < -0.39 is 5.60 Å². The second-order valence-corrected chi connectivity index (χ2v) is 11.4. The molecular formula is C27H35NO5. The highest BCUT2D eigenvalue weighted by Crippen LogP contribution is 2.55. The summed E-state index contributed by atoms with van der Waals surface area (Å²) < 4.78 is 24.2. The molecular weight excluding hydrogens is 418 g/mol. The molecule has 0 radical (unpaired) electrons. The summed E-state index contributed by atoms with van der Waals surface area (Å²) in [6, 6.07) is 4.30. The Hall–Kier alpha value is -2.05. The van der Waals surface area contributed by atoms with Crippen molar-refractivity contribution >= 4 is 5.97 Å². The van der Waals surface area contributed by atoms with Crippen LogP contribution in [0.2, 0.25) is 0 Å². The predicted molar refractivity (Wildman–Crippen MR) is 124 cm³/mol. The molecule has 0 saturated carbocycles. The van der Waals surface area contributed by atoms with Crippen LogP contribution >= 0.6 is 0 Å². The molecule has 1 aromatic carbocycles. The maximum absolute atomic E-state index is 13.6. The van der Waals surface area contributed by atoms with Gasteiger partial charge in [0.05, 0.1) is 11.1 Å². The van der Waals surface area contributed by atoms with E-state index in [0.29, 0.717) is 6.42 Å². The van der Waals surface area contributed by atoms with Crippen molar-refractivity contribution in [2.24, 2.45) is 0 Å². The topological polar surface area (TPSA) is 57.2 Å². The SMILES string of the molecule is CC1=C[C@@]23CCCN2CCc2cc4c(cc2[C@@H]3C1OC(=O)[C@]1(C)CCCC(C)(C)O1)OCO4. The second kappa shape index (κ2) is 7.22. The Bertz CT molecular complexity index is 1030. The van der Waals surface area contributed by atoms with Crippen LogP contribution in [0.1, 0.15) is 76.8 Å². The number of esters is 1. The van der Waals surface area contributed by atoms with Gasteiger partial charge in [0.1, 0.15) is 6.10 Å². The summed E-state index contributed by atoms with van der Waals surface area (Å²) in [7, 11) is 0. The van der Waals surface area contributed by atoms with E-state index in [-0.39, 0.29) is 35.9 Å². The number of hydrogen-bond donors (Lipinski definition) is 0. The van der Waals surface area contributed by atoms with Gasteiger partial charge >= 0.3 is 5.97 Å². The van der Waals surface area contributed by atoms with Crippen LogP contribution in [0.15, 0.2) is 23.8 Å². The Kier molecular flexibility index (Phi) is 4.70. The van der Waals surface area contributed by atoms with Gasteiger partial charge in [-0.15, -0.1) is 0 Å². The molecule has 178 valence electrons. The first-order valence-electron chi connectivity index (χ1n) is 12.5. The van der Waals surface area contributed by atoms with Crippen LogP contribution in [0.5, 0.6) is 11.5 Å². The fraction of sp³-hybridized carbons (Fsp3) is 0.667. The largest absolute Gasteiger partial charge is 0.455 e. The predicted octanol–water partition coefficient (Wildman–Crippen LogP) is 4.50. The van der Waals surface area contributed by atoms with E-state index in [1.807, 2.05) is 6.92 Å². The average Bonchev–Trinajstić information content (AvgIpc) is 3.41. The number of rotatable bonds is 2. The summed E-state index contributed by atoms with van der Waals surface area (Å²) in [5.74, 6) is 1.44. The number of fused-ring (bicyclic) bond motifs is 3. The Morgan fingerprint density at radius 3 is 2.64 bits per heavy atom. The van der Waals surface area contributed by atoms with Crippen LogP contribution in [-0.2, 0) is 20.7 Å². The summed E-state index contributed by atoms with van der Waals surface area (Å²) in [5, 5.41) is 0. The van der Waals surface area contributed by atoms with Crippen molar-refractivity contribution in [1.82, 2.24) is 4.90 Å². The number of carbonyl (C=O) groups is 1. The number of nitrogens with zero attached hydrogens (tertiary/aromatic N) is 1. The molecule has 4 atom stereocenters. The van der Waals surface area contributed by atoms with E-state index in [4.69, 9.17) is 18.9 Å². The number of benzene rings is 1. The summed E-state index contributed by atoms with van der Waals surface area (Å²) in [6.07, 6.45) is 7.92. The van der Waals surface area contributed by atoms with E-state index in [0.717, 1.165) is 62.3 Å². The standard InChI is InChI=1S/C27H35NO5/c1-17-15-27-10-6-11-28(27)12-7-18-13-20-21(31-16-30-20)14-19(18)22(27)23(17)32-24(29)26(4)9-5-8-25(2,3)33-26/h13-15,22-23H,5-12,16H2,1-4H3/t22-,23?,26+,27-/m1/s1. The monoisotopic (exact) mass is 453 g/mol. The number of ether oxygens (including phenoxy) is 4. The zero-order chi connectivity index (χ0) is 23.0. The van der Waals surface area contributed by atoms with Crippen molar-refractivity contribution in [1.29, 1.82) is 0 Å². The van der Waals surface area contributed by atoms with Gasteiger partial charge in [0.2, 0.25) is 6.79 Å². The van der Waals surface area contributed by atoms with E-state index in [9.17, 15) is 4.79 Å². The van der Waals surface area contributed by atoms with Gasteiger partial charge in [-0.05, 0) is 102 Å². The fourth-order valence-electron chi connectivity index (χ4n) is 7.15. The zero-order valence-corrected chi connectivity index (χ0v) is 20.2. The average molecular weight is 454 g/mol. The van der Waals surface area contributed by atoms with Crippen molar-refractivity contribution in [3.05, 3.63) is 34.9 Å². The molecule has 4 aliphatic heterocycles. The quantitative estimate of drug-likeness (QED) is 0.486. The molecule has 4 heterocycles. The maximum Gasteiger partial charge on any atom is 0.338 e. The molecule has 1 unspecified atom stereocenters. The van der Waals surface area contributed by atoms with Crippen molar-refractivity contribution in [2.45, 2.75) is 95.0 Å². The third kappa shape index (κ3) is 3.24. The summed E-state index contributed by atoms with van der Waals surface area (Å²) in [6.45, 7) is 10.5. The molecule has 1 aromatic rings. The smallest absolute Gasteiger partial charge is 0.338 e. The Morgan fingerprint density at radius 2 is 1.85 bits per heavy atom. The van der Waals surface area contributed by atoms with Crippen molar-refractivity contribution in [2.75, 3.05) is 19.9 Å². The van der Waals surface area contributed by atoms with Crippen LogP contribution in [-0.4, -0.2) is 53.6 Å². The first kappa shape index (κ1) is 21.5. The highest BCUT2D eigenvalue weighted by Gasteiger charge is 2.57. The first-order valence-corrected chi connectivity index (χ1v) is 12.5. The zero-order valence-electron chi connectivity index (χ0n) is 20.2. The lowest BCUT2D eigenvalue weighted by Crippen LogP contribution is -2.52. The minimum Gasteiger partial charge on any atom is -0.455 e. The van der Waals surface area contributed by atoms with Crippen LogP contribution in [0.3, 0.4) is 0 Å². The van der Waals surface area contributed by atoms with Gasteiger partial charge in [0.15, 0.2) is 17.1 Å². The van der Waals surface area contributed by atoms with Crippen molar-refractivity contribution in [3.8, 4) is 11.5 Å². The lowest BCUT2D eigenvalue weighted by molar-refractivity contribution is -0.206. The summed E-state index contributed by atoms with van der Waals surface area (Å²) in [5.41, 5.74) is 2.33. The molecule has 6 rings (SSSR count). The van der Waals surface area contributed by atoms with Gasteiger partial charge in [-0.2, -0.15) is 0 Å². The normalized spacial score (nSPS) is 36.4. The lowest BCUT2D eigenvalue weighted by atomic mass is 9.77. The molecule has 0 N–H and O–H groups in total. The summed E-state index contributed by atoms with van der Waals surface area (Å²) >= 11 is 0. The van der Waals surface area contributed by atoms with E-state index in [1.54, 1.807) is 0 Å². The lowest BCUT2D eigenvalue weighted by Gasteiger charge is -2.43. The molecule has 1 spiro atoms. The molecule has 2 fully saturated rings. The van der Waals surface area contributed by atoms with Crippen molar-refractivity contribution in [3.63, 3.8) is 0 Å². The van der Waals surface area contributed by atoms with Gasteiger partial charge in [-0.1, -0.05) is 6.08 Å². The molecule has 0 aromatic heterocycles. The number of hydrogen-bond acceptors (Lipinski definition) is 6. The van der Waals surface area contributed by atoms with Gasteiger partial charge in [-0.25, -0.2) is 4.79 Å². The van der Waals surface area contributed by atoms with Gasteiger partial charge in [0, 0.05) is 12.5 Å². The van der Waals surface area contributed by atoms with E-state index in [2.05, 4.69) is 43.9 Å². The molecule has 0 amide bonds. The molecule has 0 bridgehead atoms. The van der Waals surface area contributed by atoms with Crippen LogP contribution < -0.4 is 9.47 Å². The van der Waals surface area contributed by atoms with E-state index >= 15 is 0 Å². The van der Waals surface area contributed by atoms with Crippen LogP contribution in [0.4, 0.5) is 0 Å². The second-order valence-electron chi connectivity index (χ2n) is 11.4. The Morgan fingerprint density at radius 1 is 1.06 bits per heavy atom. The minimum atomic E-state index is -0.907. The molecule has 33 heavy (non-hydrogen) atoms. The van der Waals surface area contributed by atoms with Crippen LogP contribution in [0, 0.1) is 0 Å². The highest BCUT2D eigenvalue weighted by atomic mass is 16.7. The molecule has 5 aliphatic rings. The van der Waals surface area contributed by atoms with Gasteiger partial charge < -0.3 is 18.9 Å². The minimum absolute atomic E-state index is 0.0520. The van der Waals surface area contributed by atoms with Crippen molar-refractivity contribution < 1.29 is 23.7 Å². The molecule has 6 nitrogen and oxygen atoms in total. The Labute approximate surface area is 196 Å². The maximum atomic E-state index is 13.6. The third-order valence-corrected chi connectivity index (χ3v) is 8.58.